The molecule has 0 aliphatic rings. The lowest BCUT2D eigenvalue weighted by Gasteiger charge is -2.12. The van der Waals surface area contributed by atoms with Crippen molar-refractivity contribution in [1.82, 2.24) is 0 Å². The number of nitriles is 1. The van der Waals surface area contributed by atoms with Gasteiger partial charge in [0.25, 0.3) is 0 Å². The largest absolute Gasteiger partial charge is 0.384 e. The van der Waals surface area contributed by atoms with E-state index < -0.39 is 18.0 Å². The highest BCUT2D eigenvalue weighted by atomic mass is 35.5. The minimum absolute atomic E-state index is 0.188. The highest BCUT2D eigenvalue weighted by molar-refractivity contribution is 6.30. The molecule has 0 amide bonds. The van der Waals surface area contributed by atoms with Gasteiger partial charge in [0, 0.05) is 10.6 Å². The molecule has 0 spiro atoms. The molecular weight excluding hydrogens is 209 g/mol. The van der Waals surface area contributed by atoms with E-state index in [-0.39, 0.29) is 10.6 Å². The summed E-state index contributed by atoms with van der Waals surface area (Å²) < 4.78 is 13.1. The van der Waals surface area contributed by atoms with Crippen molar-refractivity contribution in [2.45, 2.75) is 12.2 Å². The van der Waals surface area contributed by atoms with Crippen molar-refractivity contribution in [3.8, 4) is 6.07 Å². The van der Waals surface area contributed by atoms with Gasteiger partial charge in [-0.1, -0.05) is 11.6 Å². The highest BCUT2D eigenvalue weighted by Gasteiger charge is 2.21. The van der Waals surface area contributed by atoms with Crippen LogP contribution in [0.2, 0.25) is 5.02 Å². The van der Waals surface area contributed by atoms with Gasteiger partial charge in [-0.2, -0.15) is 5.26 Å². The van der Waals surface area contributed by atoms with Crippen LogP contribution in [0.15, 0.2) is 18.2 Å². The molecule has 1 rings (SSSR count). The summed E-state index contributed by atoms with van der Waals surface area (Å²) in [7, 11) is 0. The molecule has 0 aliphatic carbocycles. The Labute approximate surface area is 85.0 Å². The fourth-order valence-corrected chi connectivity index (χ4v) is 1.16. The SMILES string of the molecule is N#CC(O)C(O)c1cc(Cl)ccc1F. The summed E-state index contributed by atoms with van der Waals surface area (Å²) in [5, 5.41) is 26.8. The highest BCUT2D eigenvalue weighted by Crippen LogP contribution is 2.23. The van der Waals surface area contributed by atoms with E-state index in [1.165, 1.54) is 18.2 Å². The number of aliphatic hydroxyl groups is 2. The summed E-state index contributed by atoms with van der Waals surface area (Å²) in [6.07, 6.45) is -3.25. The van der Waals surface area contributed by atoms with Gasteiger partial charge in [0.2, 0.25) is 0 Å². The summed E-state index contributed by atoms with van der Waals surface area (Å²) in [5.74, 6) is -0.712. The van der Waals surface area contributed by atoms with E-state index in [0.29, 0.717) is 0 Å². The second-order valence-electron chi connectivity index (χ2n) is 2.68. The van der Waals surface area contributed by atoms with Gasteiger partial charge in [-0.05, 0) is 18.2 Å². The Morgan fingerprint density at radius 3 is 2.64 bits per heavy atom. The molecule has 0 saturated carbocycles. The predicted molar refractivity (Wildman–Crippen MR) is 48.0 cm³/mol. The summed E-state index contributed by atoms with van der Waals surface area (Å²) in [5.41, 5.74) is -0.188. The Balaban J connectivity index is 3.07. The van der Waals surface area contributed by atoms with Crippen LogP contribution >= 0.6 is 11.6 Å². The molecule has 5 heteroatoms. The first-order valence-corrected chi connectivity index (χ1v) is 4.14. The van der Waals surface area contributed by atoms with Gasteiger partial charge in [-0.3, -0.25) is 0 Å². The molecular formula is C9H7ClFNO2. The molecule has 0 saturated heterocycles. The van der Waals surface area contributed by atoms with Crippen molar-refractivity contribution in [3.63, 3.8) is 0 Å². The zero-order chi connectivity index (χ0) is 10.7. The first kappa shape index (κ1) is 10.9. The van der Waals surface area contributed by atoms with Crippen molar-refractivity contribution in [1.29, 1.82) is 5.26 Å². The van der Waals surface area contributed by atoms with Crippen LogP contribution in [0.1, 0.15) is 11.7 Å². The van der Waals surface area contributed by atoms with E-state index in [9.17, 15) is 9.50 Å². The Hall–Kier alpha value is -1.15. The second-order valence-corrected chi connectivity index (χ2v) is 3.12. The average molecular weight is 216 g/mol. The molecule has 2 N–H and O–H groups in total. The summed E-state index contributed by atoms with van der Waals surface area (Å²) >= 11 is 5.57. The van der Waals surface area contributed by atoms with E-state index in [1.54, 1.807) is 0 Å². The quantitative estimate of drug-likeness (QED) is 0.733. The third kappa shape index (κ3) is 2.20. The molecule has 74 valence electrons. The first-order valence-electron chi connectivity index (χ1n) is 3.77. The fraction of sp³-hybridized carbons (Fsp3) is 0.222. The molecule has 14 heavy (non-hydrogen) atoms. The minimum atomic E-state index is -1.66. The molecule has 0 fully saturated rings. The second kappa shape index (κ2) is 4.38. The maximum Gasteiger partial charge on any atom is 0.170 e. The molecule has 0 radical (unpaired) electrons. The van der Waals surface area contributed by atoms with Gasteiger partial charge in [0.1, 0.15) is 11.9 Å². The number of hydrogen-bond acceptors (Lipinski definition) is 3. The number of nitrogens with zero attached hydrogens (tertiary/aromatic N) is 1. The smallest absolute Gasteiger partial charge is 0.170 e. The van der Waals surface area contributed by atoms with Crippen molar-refractivity contribution in [2.75, 3.05) is 0 Å². The van der Waals surface area contributed by atoms with E-state index in [1.807, 2.05) is 0 Å². The average Bonchev–Trinajstić information content (AvgIpc) is 2.19. The molecule has 0 aliphatic heterocycles. The Kier molecular flexibility index (Phi) is 3.42. The van der Waals surface area contributed by atoms with Crippen LogP contribution < -0.4 is 0 Å². The molecule has 0 aromatic heterocycles. The topological polar surface area (TPSA) is 64.2 Å². The number of hydrogen-bond donors (Lipinski definition) is 2. The van der Waals surface area contributed by atoms with Crippen molar-refractivity contribution >= 4 is 11.6 Å². The molecule has 2 atom stereocenters. The van der Waals surface area contributed by atoms with Gasteiger partial charge in [0.15, 0.2) is 6.10 Å². The third-order valence-electron chi connectivity index (χ3n) is 1.71. The van der Waals surface area contributed by atoms with Gasteiger partial charge in [-0.25, -0.2) is 4.39 Å². The van der Waals surface area contributed by atoms with E-state index in [4.69, 9.17) is 22.0 Å². The zero-order valence-electron chi connectivity index (χ0n) is 6.98. The molecule has 0 bridgehead atoms. The van der Waals surface area contributed by atoms with E-state index >= 15 is 0 Å². The normalized spacial score (nSPS) is 14.5. The Morgan fingerprint density at radius 2 is 2.07 bits per heavy atom. The summed E-state index contributed by atoms with van der Waals surface area (Å²) in [4.78, 5) is 0. The van der Waals surface area contributed by atoms with Gasteiger partial charge in [-0.15, -0.1) is 0 Å². The minimum Gasteiger partial charge on any atom is -0.384 e. The summed E-state index contributed by atoms with van der Waals surface area (Å²) in [6.45, 7) is 0. The first-order chi connectivity index (χ1) is 6.56. The monoisotopic (exact) mass is 215 g/mol. The van der Waals surface area contributed by atoms with Crippen LogP contribution in [0, 0.1) is 17.1 Å². The number of benzene rings is 1. The molecule has 0 heterocycles. The van der Waals surface area contributed by atoms with Crippen LogP contribution in [0.3, 0.4) is 0 Å². The van der Waals surface area contributed by atoms with Crippen LogP contribution in [-0.2, 0) is 0 Å². The molecule has 1 aromatic rings. The van der Waals surface area contributed by atoms with Crippen molar-refractivity contribution in [2.24, 2.45) is 0 Å². The number of halogens is 2. The van der Waals surface area contributed by atoms with E-state index in [2.05, 4.69) is 0 Å². The number of rotatable bonds is 2. The predicted octanol–water partition coefficient (Wildman–Crippen LogP) is 1.40. The molecule has 3 nitrogen and oxygen atoms in total. The van der Waals surface area contributed by atoms with Gasteiger partial charge < -0.3 is 10.2 Å². The van der Waals surface area contributed by atoms with Crippen molar-refractivity contribution < 1.29 is 14.6 Å². The van der Waals surface area contributed by atoms with Crippen LogP contribution in [0.5, 0.6) is 0 Å². The zero-order valence-corrected chi connectivity index (χ0v) is 7.74. The lowest BCUT2D eigenvalue weighted by atomic mass is 10.0. The van der Waals surface area contributed by atoms with Crippen molar-refractivity contribution in [3.05, 3.63) is 34.6 Å². The third-order valence-corrected chi connectivity index (χ3v) is 1.94. The number of aliphatic hydroxyl groups excluding tert-OH is 2. The standard InChI is InChI=1S/C9H7ClFNO2/c10-5-1-2-7(11)6(3-5)9(14)8(13)4-12/h1-3,8-9,13-14H. The lowest BCUT2D eigenvalue weighted by Crippen LogP contribution is -2.17. The van der Waals surface area contributed by atoms with E-state index in [0.717, 1.165) is 6.07 Å². The molecule has 2 unspecified atom stereocenters. The maximum atomic E-state index is 13.1. The van der Waals surface area contributed by atoms with Gasteiger partial charge >= 0.3 is 0 Å². The van der Waals surface area contributed by atoms with Crippen LogP contribution in [0.4, 0.5) is 4.39 Å². The molecule has 1 aromatic carbocycles. The van der Waals surface area contributed by atoms with Crippen LogP contribution in [-0.4, -0.2) is 16.3 Å². The fourth-order valence-electron chi connectivity index (χ4n) is 0.982. The lowest BCUT2D eigenvalue weighted by molar-refractivity contribution is 0.0503. The van der Waals surface area contributed by atoms with Gasteiger partial charge in [0.05, 0.1) is 6.07 Å². The summed E-state index contributed by atoms with van der Waals surface area (Å²) in [6, 6.07) is 4.95. The van der Waals surface area contributed by atoms with Crippen LogP contribution in [0.25, 0.3) is 0 Å². The Morgan fingerprint density at radius 1 is 1.43 bits per heavy atom. The Bertz CT molecular complexity index is 378. The maximum absolute atomic E-state index is 13.1.